The lowest BCUT2D eigenvalue weighted by atomic mass is 10.1. The topological polar surface area (TPSA) is 41.6 Å². The summed E-state index contributed by atoms with van der Waals surface area (Å²) in [4.78, 5) is 13.7. The van der Waals surface area contributed by atoms with Crippen LogP contribution in [0.4, 0.5) is 4.79 Å². The summed E-state index contributed by atoms with van der Waals surface area (Å²) >= 11 is 0. The number of carbonyl (C=O) groups is 1. The molecule has 5 heteroatoms. The Labute approximate surface area is 126 Å². The smallest absolute Gasteiger partial charge is 0.410 e. The molecule has 0 bridgehead atoms. The molecule has 0 radical (unpaired) electrons. The molecule has 112 valence electrons. The number of nitrogens with one attached hydrogen (secondary N) is 1. The minimum atomic E-state index is -0.196. The molecule has 2 rings (SSSR count). The predicted octanol–water partition coefficient (Wildman–Crippen LogP) is 2.82. The Balaban J connectivity index is 0.00000200. The highest BCUT2D eigenvalue weighted by atomic mass is 35.5. The van der Waals surface area contributed by atoms with Crippen LogP contribution in [0.25, 0.3) is 0 Å². The van der Waals surface area contributed by atoms with Crippen LogP contribution >= 0.6 is 12.4 Å². The average Bonchev–Trinajstić information content (AvgIpc) is 2.47. The van der Waals surface area contributed by atoms with Gasteiger partial charge in [0, 0.05) is 19.1 Å². The normalized spacial score (nSPS) is 15.6. The van der Waals surface area contributed by atoms with Gasteiger partial charge in [0.25, 0.3) is 0 Å². The van der Waals surface area contributed by atoms with E-state index < -0.39 is 0 Å². The van der Waals surface area contributed by atoms with Crippen LogP contribution in [0.2, 0.25) is 0 Å². The number of nitrogens with zero attached hydrogens (tertiary/aromatic N) is 1. The Morgan fingerprint density at radius 3 is 2.55 bits per heavy atom. The molecule has 1 aliphatic rings. The van der Waals surface area contributed by atoms with E-state index in [1.807, 2.05) is 30.3 Å². The number of hydrogen-bond donors (Lipinski definition) is 1. The summed E-state index contributed by atoms with van der Waals surface area (Å²) in [5.74, 6) is 0. The van der Waals surface area contributed by atoms with E-state index >= 15 is 0 Å². The van der Waals surface area contributed by atoms with Crippen molar-refractivity contribution in [1.82, 2.24) is 10.2 Å². The lowest BCUT2D eigenvalue weighted by Crippen LogP contribution is -2.45. The fourth-order valence-electron chi connectivity index (χ4n) is 2.37. The molecule has 1 aromatic rings. The second-order valence-corrected chi connectivity index (χ2v) is 4.86. The number of halogens is 1. The van der Waals surface area contributed by atoms with E-state index in [1.54, 1.807) is 4.90 Å². The standard InChI is InChI=1S/C15H22N2O2.ClH/c1-2-16-14-8-10-17(11-9-14)15(18)19-12-13-6-4-3-5-7-13;/h3-7,14,16H,2,8-12H2,1H3;1H. The molecule has 1 heterocycles. The van der Waals surface area contributed by atoms with Crippen LogP contribution in [0, 0.1) is 0 Å². The Bertz CT molecular complexity index is 392. The first-order chi connectivity index (χ1) is 9.29. The van der Waals surface area contributed by atoms with Crippen molar-refractivity contribution in [2.45, 2.75) is 32.4 Å². The van der Waals surface area contributed by atoms with Crippen molar-refractivity contribution in [3.05, 3.63) is 35.9 Å². The van der Waals surface area contributed by atoms with Crippen LogP contribution in [0.15, 0.2) is 30.3 Å². The van der Waals surface area contributed by atoms with Crippen molar-refractivity contribution in [2.24, 2.45) is 0 Å². The van der Waals surface area contributed by atoms with Gasteiger partial charge in [-0.25, -0.2) is 4.79 Å². The van der Waals surface area contributed by atoms with Gasteiger partial charge >= 0.3 is 6.09 Å². The molecule has 1 N–H and O–H groups in total. The molecule has 1 aromatic carbocycles. The van der Waals surface area contributed by atoms with E-state index in [0.717, 1.165) is 38.0 Å². The molecule has 20 heavy (non-hydrogen) atoms. The van der Waals surface area contributed by atoms with E-state index in [0.29, 0.717) is 12.6 Å². The van der Waals surface area contributed by atoms with E-state index in [9.17, 15) is 4.79 Å². The van der Waals surface area contributed by atoms with Crippen molar-refractivity contribution in [3.63, 3.8) is 0 Å². The van der Waals surface area contributed by atoms with E-state index in [-0.39, 0.29) is 18.5 Å². The Kier molecular flexibility index (Phi) is 7.41. The number of rotatable bonds is 4. The highest BCUT2D eigenvalue weighted by Crippen LogP contribution is 2.12. The van der Waals surface area contributed by atoms with Gasteiger partial charge in [-0.1, -0.05) is 37.3 Å². The van der Waals surface area contributed by atoms with Crippen molar-refractivity contribution >= 4 is 18.5 Å². The van der Waals surface area contributed by atoms with Crippen LogP contribution in [0.5, 0.6) is 0 Å². The highest BCUT2D eigenvalue weighted by Gasteiger charge is 2.22. The first kappa shape index (κ1) is 16.8. The zero-order valence-corrected chi connectivity index (χ0v) is 12.7. The lowest BCUT2D eigenvalue weighted by Gasteiger charge is -2.31. The molecule has 4 nitrogen and oxygen atoms in total. The maximum Gasteiger partial charge on any atom is 0.410 e. The highest BCUT2D eigenvalue weighted by molar-refractivity contribution is 5.85. The van der Waals surface area contributed by atoms with E-state index in [2.05, 4.69) is 12.2 Å². The van der Waals surface area contributed by atoms with Crippen LogP contribution in [0.3, 0.4) is 0 Å². The lowest BCUT2D eigenvalue weighted by molar-refractivity contribution is 0.0854. The Morgan fingerprint density at radius 1 is 1.30 bits per heavy atom. The minimum Gasteiger partial charge on any atom is -0.445 e. The molecule has 0 spiro atoms. The molecule has 1 saturated heterocycles. The first-order valence-electron chi connectivity index (χ1n) is 6.98. The number of carbonyl (C=O) groups excluding carboxylic acids is 1. The van der Waals surface area contributed by atoms with Crippen LogP contribution < -0.4 is 5.32 Å². The van der Waals surface area contributed by atoms with Crippen molar-refractivity contribution in [3.8, 4) is 0 Å². The summed E-state index contributed by atoms with van der Waals surface area (Å²) in [6.45, 7) is 5.02. The molecule has 1 fully saturated rings. The maximum atomic E-state index is 11.9. The Morgan fingerprint density at radius 2 is 1.95 bits per heavy atom. The summed E-state index contributed by atoms with van der Waals surface area (Å²) in [5.41, 5.74) is 1.03. The zero-order chi connectivity index (χ0) is 13.5. The molecular formula is C15H23ClN2O2. The summed E-state index contributed by atoms with van der Waals surface area (Å²) in [6, 6.07) is 10.3. The quantitative estimate of drug-likeness (QED) is 0.929. The van der Waals surface area contributed by atoms with Gasteiger partial charge in [-0.2, -0.15) is 0 Å². The minimum absolute atomic E-state index is 0. The van der Waals surface area contributed by atoms with Gasteiger partial charge in [-0.15, -0.1) is 12.4 Å². The third-order valence-electron chi connectivity index (χ3n) is 3.45. The van der Waals surface area contributed by atoms with Gasteiger partial charge in [-0.3, -0.25) is 0 Å². The second kappa shape index (κ2) is 8.82. The van der Waals surface area contributed by atoms with Gasteiger partial charge in [0.05, 0.1) is 0 Å². The predicted molar refractivity (Wildman–Crippen MR) is 82.1 cm³/mol. The number of benzene rings is 1. The van der Waals surface area contributed by atoms with Crippen LogP contribution in [-0.2, 0) is 11.3 Å². The molecule has 0 saturated carbocycles. The molecular weight excluding hydrogens is 276 g/mol. The van der Waals surface area contributed by atoms with E-state index in [4.69, 9.17) is 4.74 Å². The molecule has 1 amide bonds. The average molecular weight is 299 g/mol. The summed E-state index contributed by atoms with van der Waals surface area (Å²) in [6.07, 6.45) is 1.82. The second-order valence-electron chi connectivity index (χ2n) is 4.86. The number of hydrogen-bond acceptors (Lipinski definition) is 3. The number of likely N-dealkylation sites (tertiary alicyclic amines) is 1. The van der Waals surface area contributed by atoms with Gasteiger partial charge in [0.2, 0.25) is 0 Å². The molecule has 0 unspecified atom stereocenters. The SMILES string of the molecule is CCNC1CCN(C(=O)OCc2ccccc2)CC1.Cl. The molecule has 0 aliphatic carbocycles. The van der Waals surface area contributed by atoms with Crippen molar-refractivity contribution < 1.29 is 9.53 Å². The van der Waals surface area contributed by atoms with Crippen molar-refractivity contribution in [1.29, 1.82) is 0 Å². The van der Waals surface area contributed by atoms with Crippen molar-refractivity contribution in [2.75, 3.05) is 19.6 Å². The molecule has 0 atom stereocenters. The van der Waals surface area contributed by atoms with Gasteiger partial charge in [0.15, 0.2) is 0 Å². The summed E-state index contributed by atoms with van der Waals surface area (Å²) in [5, 5.41) is 3.42. The fraction of sp³-hybridized carbons (Fsp3) is 0.533. The van der Waals surface area contributed by atoms with Gasteiger partial charge in [0.1, 0.15) is 6.61 Å². The largest absolute Gasteiger partial charge is 0.445 e. The van der Waals surface area contributed by atoms with Gasteiger partial charge in [-0.05, 0) is 24.9 Å². The molecule has 0 aromatic heterocycles. The van der Waals surface area contributed by atoms with E-state index in [1.165, 1.54) is 0 Å². The third kappa shape index (κ3) is 5.02. The van der Waals surface area contributed by atoms with Gasteiger partial charge < -0.3 is 15.0 Å². The fourth-order valence-corrected chi connectivity index (χ4v) is 2.37. The first-order valence-corrected chi connectivity index (χ1v) is 6.98. The van der Waals surface area contributed by atoms with Crippen LogP contribution in [0.1, 0.15) is 25.3 Å². The zero-order valence-electron chi connectivity index (χ0n) is 11.9. The number of piperidine rings is 1. The summed E-state index contributed by atoms with van der Waals surface area (Å²) in [7, 11) is 0. The molecule has 1 aliphatic heterocycles. The number of amides is 1. The number of ether oxygens (including phenoxy) is 1. The van der Waals surface area contributed by atoms with Crippen LogP contribution in [-0.4, -0.2) is 36.7 Å². The third-order valence-corrected chi connectivity index (χ3v) is 3.45. The monoisotopic (exact) mass is 298 g/mol. The summed E-state index contributed by atoms with van der Waals surface area (Å²) < 4.78 is 5.33. The maximum absolute atomic E-state index is 11.9. The Hall–Kier alpha value is -1.26.